The number of pyridine rings is 1. The van der Waals surface area contributed by atoms with Gasteiger partial charge in [0.05, 0.1) is 11.0 Å². The fourth-order valence-corrected chi connectivity index (χ4v) is 10.3. The van der Waals surface area contributed by atoms with Gasteiger partial charge in [0.15, 0.2) is 18.0 Å². The van der Waals surface area contributed by atoms with Crippen LogP contribution in [0.5, 0.6) is 11.5 Å². The highest BCUT2D eigenvalue weighted by Gasteiger charge is 2.78. The third-order valence-corrected chi connectivity index (χ3v) is 13.8. The molecule has 0 radical (unpaired) electrons. The summed E-state index contributed by atoms with van der Waals surface area (Å²) >= 11 is 0. The third kappa shape index (κ3) is 6.15. The molecule has 6 aromatic carbocycles. The quantitative estimate of drug-likeness (QED) is 0.0699. The molecular formula is C56H57N4O+. The monoisotopic (exact) mass is 801 g/mol. The summed E-state index contributed by atoms with van der Waals surface area (Å²) in [6.07, 6.45) is 6.29. The van der Waals surface area contributed by atoms with Gasteiger partial charge in [-0.05, 0) is 107 Å². The summed E-state index contributed by atoms with van der Waals surface area (Å²) in [6.45, 7) is 18.6. The van der Waals surface area contributed by atoms with Gasteiger partial charge in [-0.1, -0.05) is 115 Å². The van der Waals surface area contributed by atoms with E-state index >= 15 is 0 Å². The molecule has 0 spiro atoms. The van der Waals surface area contributed by atoms with Crippen LogP contribution in [0.25, 0.3) is 38.8 Å². The summed E-state index contributed by atoms with van der Waals surface area (Å²) in [4.78, 5) is 4.96. The molecule has 61 heavy (non-hydrogen) atoms. The van der Waals surface area contributed by atoms with Crippen LogP contribution < -0.4 is 13.9 Å². The van der Waals surface area contributed by atoms with Crippen molar-refractivity contribution in [3.63, 3.8) is 0 Å². The lowest BCUT2D eigenvalue weighted by Gasteiger charge is -2.40. The van der Waals surface area contributed by atoms with Crippen LogP contribution in [-0.4, -0.2) is 9.55 Å². The number of hydrogen-bond donors (Lipinski definition) is 0. The first-order valence-corrected chi connectivity index (χ1v) is 22.4. The van der Waals surface area contributed by atoms with Gasteiger partial charge >= 0.3 is 0 Å². The van der Waals surface area contributed by atoms with Gasteiger partial charge in [-0.2, -0.15) is 9.18 Å². The third-order valence-electron chi connectivity index (χ3n) is 13.8. The molecule has 1 fully saturated rings. The minimum atomic E-state index is -0.0244. The predicted molar refractivity (Wildman–Crippen MR) is 256 cm³/mol. The van der Waals surface area contributed by atoms with Crippen molar-refractivity contribution < 1.29 is 4.74 Å². The van der Waals surface area contributed by atoms with E-state index in [1.54, 1.807) is 0 Å². The Hall–Kier alpha value is -6.01. The lowest BCUT2D eigenvalue weighted by molar-refractivity contribution is 0.422. The molecule has 0 amide bonds. The minimum absolute atomic E-state index is 0.0244. The average molecular weight is 802 g/mol. The van der Waals surface area contributed by atoms with Crippen LogP contribution in [0.2, 0.25) is 0 Å². The van der Waals surface area contributed by atoms with Gasteiger partial charge < -0.3 is 4.74 Å². The molecule has 5 heteroatoms. The molecule has 306 valence electrons. The van der Waals surface area contributed by atoms with E-state index in [0.29, 0.717) is 21.0 Å². The molecule has 8 aromatic rings. The second-order valence-corrected chi connectivity index (χ2v) is 18.2. The lowest BCUT2D eigenvalue weighted by Crippen LogP contribution is -2.46. The van der Waals surface area contributed by atoms with E-state index < -0.39 is 0 Å². The van der Waals surface area contributed by atoms with E-state index in [4.69, 9.17) is 9.72 Å². The Morgan fingerprint density at radius 3 is 1.90 bits per heavy atom. The number of aromatic nitrogens is 2. The predicted octanol–water partition coefficient (Wildman–Crippen LogP) is 16.1. The molecule has 0 aliphatic carbocycles. The van der Waals surface area contributed by atoms with Crippen molar-refractivity contribution >= 4 is 44.6 Å². The number of nitrogens with zero attached hydrogens (tertiary/aromatic N) is 4. The SMILES string of the molecule is CCC(CC)c1cc(Oc2ccc3c4ccccc4n(-c4cc(C(CC)CC)ccn4)c3c2)cc([N+]23[CH-][N@+]2(c2cc(-c4ccccc4)cc(C(C)(C)C)c2)c2ccccc23)c1. The number of para-hydroxylation sites is 3. The lowest BCUT2D eigenvalue weighted by atomic mass is 9.84. The van der Waals surface area contributed by atoms with Crippen molar-refractivity contribution in [2.24, 2.45) is 0 Å². The summed E-state index contributed by atoms with van der Waals surface area (Å²) in [7, 11) is 0. The average Bonchev–Trinajstić information content (AvgIpc) is 3.78. The van der Waals surface area contributed by atoms with Crippen molar-refractivity contribution in [2.45, 2.75) is 91.4 Å². The topological polar surface area (TPSA) is 27.1 Å². The highest BCUT2D eigenvalue weighted by Crippen LogP contribution is 2.75. The van der Waals surface area contributed by atoms with E-state index in [9.17, 15) is 0 Å². The summed E-state index contributed by atoms with van der Waals surface area (Å²) in [5.41, 5.74) is 13.8. The number of fused-ring (bicyclic) bond motifs is 7. The molecule has 0 N–H and O–H groups in total. The van der Waals surface area contributed by atoms with E-state index in [1.807, 2.05) is 6.20 Å². The minimum Gasteiger partial charge on any atom is -0.457 e. The molecular weight excluding hydrogens is 745 g/mol. The van der Waals surface area contributed by atoms with Crippen LogP contribution in [-0.2, 0) is 5.41 Å². The van der Waals surface area contributed by atoms with Gasteiger partial charge in [-0.25, -0.2) is 4.98 Å². The zero-order valence-electron chi connectivity index (χ0n) is 36.7. The molecule has 2 aromatic heterocycles. The Kier molecular flexibility index (Phi) is 9.54. The highest BCUT2D eigenvalue weighted by atomic mass is 16.5. The van der Waals surface area contributed by atoms with Crippen molar-refractivity contribution in [3.05, 3.63) is 175 Å². The Labute approximate surface area is 361 Å². The maximum atomic E-state index is 7.08. The van der Waals surface area contributed by atoms with Crippen LogP contribution in [0.1, 0.15) is 103 Å². The standard InChI is InChI=1S/C56H57N4O/c1-8-38(9-2)41-27-28-57-55(33-41)58-51-22-16-15-21-49(51)50-26-25-47(36-52(50)58)61-48-32-43(39(10-3)11-4)31-46(35-48)60-37-59(60,53-23-17-18-24-54(53)60)45-30-42(40-19-13-12-14-20-40)29-44(34-45)56(5,6)7/h12-39H,8-11H2,1-7H3/q+1/t59-,60?/m0/s1. The van der Waals surface area contributed by atoms with Gasteiger partial charge in [0, 0.05) is 59.4 Å². The molecule has 0 saturated carbocycles. The zero-order chi connectivity index (χ0) is 42.1. The molecule has 4 heterocycles. The zero-order valence-corrected chi connectivity index (χ0v) is 36.7. The van der Waals surface area contributed by atoms with Crippen molar-refractivity contribution in [1.29, 1.82) is 0 Å². The molecule has 1 unspecified atom stereocenters. The van der Waals surface area contributed by atoms with E-state index in [2.05, 4.69) is 205 Å². The van der Waals surface area contributed by atoms with Gasteiger partial charge in [0.25, 0.3) is 0 Å². The fraction of sp³-hybridized carbons (Fsp3) is 0.250. The Bertz CT molecular complexity index is 2930. The molecule has 0 bridgehead atoms. The molecule has 1 saturated heterocycles. The van der Waals surface area contributed by atoms with E-state index in [-0.39, 0.29) is 5.41 Å². The molecule has 2 atom stereocenters. The number of hydrogen-bond acceptors (Lipinski definition) is 2. The van der Waals surface area contributed by atoms with Gasteiger partial charge in [-0.15, -0.1) is 0 Å². The van der Waals surface area contributed by atoms with E-state index in [1.165, 1.54) is 61.3 Å². The number of rotatable bonds is 12. The highest BCUT2D eigenvalue weighted by molar-refractivity contribution is 6.09. The van der Waals surface area contributed by atoms with Crippen molar-refractivity contribution in [3.8, 4) is 28.4 Å². The smallest absolute Gasteiger partial charge is 0.225 e. The maximum absolute atomic E-state index is 7.08. The van der Waals surface area contributed by atoms with Crippen molar-refractivity contribution in [2.75, 3.05) is 0 Å². The van der Waals surface area contributed by atoms with Gasteiger partial charge in [0.1, 0.15) is 17.3 Å². The molecule has 10 rings (SSSR count). The first-order chi connectivity index (χ1) is 29.6. The van der Waals surface area contributed by atoms with Crippen LogP contribution in [0.4, 0.5) is 22.7 Å². The molecule has 5 nitrogen and oxygen atoms in total. The Morgan fingerprint density at radius 2 is 1.20 bits per heavy atom. The summed E-state index contributed by atoms with van der Waals surface area (Å²) in [5.74, 6) is 3.52. The number of quaternary nitrogens is 2. The second-order valence-electron chi connectivity index (χ2n) is 18.2. The number of ether oxygens (including phenoxy) is 1. The van der Waals surface area contributed by atoms with Crippen LogP contribution >= 0.6 is 0 Å². The molecule has 2 aliphatic rings. The van der Waals surface area contributed by atoms with E-state index in [0.717, 1.165) is 54.0 Å². The fourth-order valence-electron chi connectivity index (χ4n) is 10.3. The molecule has 2 aliphatic heterocycles. The summed E-state index contributed by atoms with van der Waals surface area (Å²) < 4.78 is 10.7. The Morgan fingerprint density at radius 1 is 0.557 bits per heavy atom. The second kappa shape index (κ2) is 14.9. The summed E-state index contributed by atoms with van der Waals surface area (Å²) in [5, 5.41) is 2.40. The van der Waals surface area contributed by atoms with Gasteiger partial charge in [-0.3, -0.25) is 4.57 Å². The summed E-state index contributed by atoms with van der Waals surface area (Å²) in [6, 6.07) is 53.8. The van der Waals surface area contributed by atoms with Crippen LogP contribution in [0.3, 0.4) is 0 Å². The first kappa shape index (κ1) is 39.1. The maximum Gasteiger partial charge on any atom is 0.225 e. The number of benzene rings is 6. The van der Waals surface area contributed by atoms with Crippen molar-refractivity contribution in [1.82, 2.24) is 18.7 Å². The van der Waals surface area contributed by atoms with Crippen LogP contribution in [0, 0.1) is 6.67 Å². The largest absolute Gasteiger partial charge is 0.457 e. The van der Waals surface area contributed by atoms with Gasteiger partial charge in [0.2, 0.25) is 11.4 Å². The van der Waals surface area contributed by atoms with Crippen LogP contribution in [0.15, 0.2) is 152 Å². The first-order valence-electron chi connectivity index (χ1n) is 22.4. The normalized spacial score (nSPS) is 18.0. The Balaban J connectivity index is 1.11.